The van der Waals surface area contributed by atoms with E-state index in [0.717, 1.165) is 60.2 Å². The third-order valence-electron chi connectivity index (χ3n) is 6.22. The van der Waals surface area contributed by atoms with E-state index in [4.69, 9.17) is 24.3 Å². The Morgan fingerprint density at radius 3 is 2.46 bits per heavy atom. The van der Waals surface area contributed by atoms with Crippen LogP contribution in [0, 0.1) is 0 Å². The normalized spacial score (nSPS) is 17.0. The quantitative estimate of drug-likeness (QED) is 0.236. The number of rotatable bonds is 13. The number of imidazole rings is 1. The SMILES string of the molecule is C=Cc1cn(COCC[Si](C)(C)C)nc1-c1nc2c(n1C(C)OCC[Si](C)(C)C)CC(OC)C=C2. The van der Waals surface area contributed by atoms with Gasteiger partial charge in [0.2, 0.25) is 0 Å². The summed E-state index contributed by atoms with van der Waals surface area (Å²) in [6, 6.07) is 2.25. The average Bonchev–Trinajstić information content (AvgIpc) is 3.35. The maximum atomic E-state index is 6.36. The Hall–Kier alpha value is -1.79. The molecule has 0 N–H and O–H groups in total. The van der Waals surface area contributed by atoms with Crippen LogP contribution in [0.1, 0.15) is 30.1 Å². The summed E-state index contributed by atoms with van der Waals surface area (Å²) in [6.45, 7) is 22.2. The molecule has 3 rings (SSSR count). The first-order valence-corrected chi connectivity index (χ1v) is 20.0. The average molecular weight is 517 g/mol. The van der Waals surface area contributed by atoms with Crippen LogP contribution in [0.4, 0.5) is 0 Å². The molecule has 0 aromatic carbocycles. The third-order valence-corrected chi connectivity index (χ3v) is 9.63. The molecule has 0 amide bonds. The van der Waals surface area contributed by atoms with Crippen LogP contribution in [-0.4, -0.2) is 61.9 Å². The number of hydrogen-bond acceptors (Lipinski definition) is 5. The largest absolute Gasteiger partial charge is 0.377 e. The molecule has 0 bridgehead atoms. The van der Waals surface area contributed by atoms with Gasteiger partial charge in [-0.05, 0) is 25.1 Å². The highest BCUT2D eigenvalue weighted by Gasteiger charge is 2.28. The molecule has 9 heteroatoms. The van der Waals surface area contributed by atoms with Crippen molar-refractivity contribution < 1.29 is 14.2 Å². The van der Waals surface area contributed by atoms with E-state index >= 15 is 0 Å². The zero-order chi connectivity index (χ0) is 25.8. The van der Waals surface area contributed by atoms with Crippen LogP contribution in [0.15, 0.2) is 18.9 Å². The van der Waals surface area contributed by atoms with E-state index in [9.17, 15) is 0 Å². The Balaban J connectivity index is 1.90. The second kappa shape index (κ2) is 11.5. The molecule has 194 valence electrons. The predicted molar refractivity (Wildman–Crippen MR) is 150 cm³/mol. The van der Waals surface area contributed by atoms with Gasteiger partial charge < -0.3 is 14.2 Å². The zero-order valence-electron chi connectivity index (χ0n) is 22.9. The van der Waals surface area contributed by atoms with Gasteiger partial charge >= 0.3 is 0 Å². The van der Waals surface area contributed by atoms with Crippen molar-refractivity contribution in [1.29, 1.82) is 0 Å². The minimum absolute atomic E-state index is 0.0242. The van der Waals surface area contributed by atoms with E-state index in [1.54, 1.807) is 7.11 Å². The highest BCUT2D eigenvalue weighted by molar-refractivity contribution is 6.76. The van der Waals surface area contributed by atoms with Gasteiger partial charge in [-0.25, -0.2) is 9.67 Å². The first-order valence-electron chi connectivity index (χ1n) is 12.6. The van der Waals surface area contributed by atoms with Crippen molar-refractivity contribution in [3.05, 3.63) is 35.8 Å². The molecule has 2 atom stereocenters. The Morgan fingerprint density at radius 1 is 1.14 bits per heavy atom. The molecule has 7 nitrogen and oxygen atoms in total. The highest BCUT2D eigenvalue weighted by Crippen LogP contribution is 2.33. The first kappa shape index (κ1) is 27.8. The lowest BCUT2D eigenvalue weighted by molar-refractivity contribution is 0.0224. The highest BCUT2D eigenvalue weighted by atomic mass is 28.3. The number of methoxy groups -OCH3 is 1. The summed E-state index contributed by atoms with van der Waals surface area (Å²) >= 11 is 0. The van der Waals surface area contributed by atoms with E-state index in [1.807, 2.05) is 23.0 Å². The van der Waals surface area contributed by atoms with Gasteiger partial charge in [0.15, 0.2) is 5.82 Å². The van der Waals surface area contributed by atoms with Crippen LogP contribution in [0.3, 0.4) is 0 Å². The van der Waals surface area contributed by atoms with Crippen molar-refractivity contribution in [2.24, 2.45) is 0 Å². The summed E-state index contributed by atoms with van der Waals surface area (Å²) in [4.78, 5) is 5.01. The van der Waals surface area contributed by atoms with Crippen molar-refractivity contribution in [1.82, 2.24) is 19.3 Å². The van der Waals surface area contributed by atoms with Crippen LogP contribution in [0.2, 0.25) is 51.4 Å². The molecule has 1 aliphatic rings. The van der Waals surface area contributed by atoms with E-state index < -0.39 is 16.1 Å². The maximum Gasteiger partial charge on any atom is 0.164 e. The van der Waals surface area contributed by atoms with Gasteiger partial charge in [0.1, 0.15) is 18.7 Å². The summed E-state index contributed by atoms with van der Waals surface area (Å²) in [5, 5.41) is 4.87. The minimum atomic E-state index is -1.19. The molecule has 2 aromatic heterocycles. The van der Waals surface area contributed by atoms with E-state index in [1.165, 1.54) is 0 Å². The topological polar surface area (TPSA) is 63.3 Å². The standard InChI is InChI=1S/C26H44N4O3Si2/c1-10-21-18-29(19-32-13-15-34(4,5)6)28-25(21)26-27-23-12-11-22(31-3)17-24(23)30(26)20(2)33-14-16-35(7,8)9/h10-12,18,20,22H,1,13-17,19H2,2-9H3. The van der Waals surface area contributed by atoms with Crippen LogP contribution < -0.4 is 0 Å². The molecule has 0 radical (unpaired) electrons. The van der Waals surface area contributed by atoms with Crippen molar-refractivity contribution in [2.45, 2.75) is 83.8 Å². The van der Waals surface area contributed by atoms with Gasteiger partial charge in [-0.2, -0.15) is 5.10 Å². The lowest BCUT2D eigenvalue weighted by Gasteiger charge is -2.24. The molecule has 0 saturated heterocycles. The fourth-order valence-electron chi connectivity index (χ4n) is 3.97. The molecule has 2 heterocycles. The number of ether oxygens (including phenoxy) is 3. The van der Waals surface area contributed by atoms with Crippen LogP contribution in [0.5, 0.6) is 0 Å². The molecule has 0 saturated carbocycles. The van der Waals surface area contributed by atoms with Gasteiger partial charge in [0.25, 0.3) is 0 Å². The van der Waals surface area contributed by atoms with Gasteiger partial charge in [-0.3, -0.25) is 4.57 Å². The molecule has 1 aliphatic carbocycles. The molecule has 0 spiro atoms. The molecular formula is C26H44N4O3Si2. The Kier molecular flexibility index (Phi) is 9.14. The minimum Gasteiger partial charge on any atom is -0.377 e. The second-order valence-corrected chi connectivity index (χ2v) is 23.0. The maximum absolute atomic E-state index is 6.36. The van der Waals surface area contributed by atoms with Gasteiger partial charge in [0.05, 0.1) is 17.5 Å². The van der Waals surface area contributed by atoms with Crippen molar-refractivity contribution in [2.75, 3.05) is 20.3 Å². The summed E-state index contributed by atoms with van der Waals surface area (Å²) in [6.07, 6.45) is 8.54. The second-order valence-electron chi connectivity index (χ2n) is 11.8. The Morgan fingerprint density at radius 2 is 1.83 bits per heavy atom. The molecular weight excluding hydrogens is 472 g/mol. The first-order chi connectivity index (χ1) is 16.4. The van der Waals surface area contributed by atoms with E-state index in [2.05, 4.69) is 63.4 Å². The van der Waals surface area contributed by atoms with Crippen LogP contribution >= 0.6 is 0 Å². The molecule has 0 aliphatic heterocycles. The Bertz CT molecular complexity index is 1030. The monoisotopic (exact) mass is 516 g/mol. The van der Waals surface area contributed by atoms with Gasteiger partial charge in [-0.15, -0.1) is 0 Å². The smallest absolute Gasteiger partial charge is 0.164 e. The summed E-state index contributed by atoms with van der Waals surface area (Å²) in [5.74, 6) is 0.799. The molecule has 0 fully saturated rings. The molecule has 2 unspecified atom stereocenters. The third kappa shape index (κ3) is 7.60. The number of hydrogen-bond donors (Lipinski definition) is 0. The lowest BCUT2D eigenvalue weighted by Crippen LogP contribution is -2.24. The van der Waals surface area contributed by atoms with Crippen molar-refractivity contribution in [3.63, 3.8) is 0 Å². The van der Waals surface area contributed by atoms with Gasteiger partial charge in [0, 0.05) is 54.7 Å². The van der Waals surface area contributed by atoms with Crippen LogP contribution in [-0.2, 0) is 27.4 Å². The van der Waals surface area contributed by atoms with E-state index in [0.29, 0.717) is 6.73 Å². The Labute approximate surface area is 213 Å². The van der Waals surface area contributed by atoms with Crippen LogP contribution in [0.25, 0.3) is 23.7 Å². The fourth-order valence-corrected chi connectivity index (χ4v) is 5.46. The summed E-state index contributed by atoms with van der Waals surface area (Å²) < 4.78 is 22.0. The zero-order valence-corrected chi connectivity index (χ0v) is 24.9. The van der Waals surface area contributed by atoms with Crippen molar-refractivity contribution >= 4 is 28.3 Å². The van der Waals surface area contributed by atoms with Crippen molar-refractivity contribution in [3.8, 4) is 11.5 Å². The number of aromatic nitrogens is 4. The lowest BCUT2D eigenvalue weighted by atomic mass is 10.1. The van der Waals surface area contributed by atoms with Gasteiger partial charge in [-0.1, -0.05) is 58.0 Å². The number of nitrogens with zero attached hydrogens (tertiary/aromatic N) is 4. The summed E-state index contributed by atoms with van der Waals surface area (Å²) in [5.41, 5.74) is 3.80. The van der Waals surface area contributed by atoms with E-state index in [-0.39, 0.29) is 12.3 Å². The summed E-state index contributed by atoms with van der Waals surface area (Å²) in [7, 11) is -0.579. The molecule has 2 aromatic rings. The fraction of sp³-hybridized carbons (Fsp3) is 0.615. The predicted octanol–water partition coefficient (Wildman–Crippen LogP) is 6.16. The molecule has 35 heavy (non-hydrogen) atoms. The number of fused-ring (bicyclic) bond motifs is 1.